The summed E-state index contributed by atoms with van der Waals surface area (Å²) in [4.78, 5) is 17.0. The summed E-state index contributed by atoms with van der Waals surface area (Å²) >= 11 is 5.88. The number of hydrogen-bond donors (Lipinski definition) is 1. The highest BCUT2D eigenvalue weighted by Gasteiger charge is 2.31. The fourth-order valence-corrected chi connectivity index (χ4v) is 3.56. The summed E-state index contributed by atoms with van der Waals surface area (Å²) in [5, 5.41) is 3.83. The van der Waals surface area contributed by atoms with Crippen molar-refractivity contribution in [1.82, 2.24) is 9.80 Å². The highest BCUT2D eigenvalue weighted by atomic mass is 35.5. The van der Waals surface area contributed by atoms with Crippen LogP contribution < -0.4 is 5.32 Å². The Kier molecular flexibility index (Phi) is 6.34. The van der Waals surface area contributed by atoms with Gasteiger partial charge in [-0.3, -0.25) is 9.69 Å². The van der Waals surface area contributed by atoms with Crippen LogP contribution in [0.25, 0.3) is 0 Å². The van der Waals surface area contributed by atoms with Crippen LogP contribution in [-0.4, -0.2) is 47.4 Å². The van der Waals surface area contributed by atoms with Gasteiger partial charge in [0.05, 0.1) is 6.54 Å². The number of amides is 1. The molecular formula is C21H25ClFN3O. The molecular weight excluding hydrogens is 365 g/mol. The lowest BCUT2D eigenvalue weighted by Gasteiger charge is -2.44. The van der Waals surface area contributed by atoms with E-state index in [4.69, 9.17) is 11.6 Å². The molecule has 0 bridgehead atoms. The zero-order valence-corrected chi connectivity index (χ0v) is 16.4. The van der Waals surface area contributed by atoms with Crippen molar-refractivity contribution in [3.05, 3.63) is 64.9 Å². The molecule has 0 aromatic heterocycles. The van der Waals surface area contributed by atoms with Crippen LogP contribution in [0.5, 0.6) is 0 Å². The van der Waals surface area contributed by atoms with Gasteiger partial charge in [0.1, 0.15) is 5.82 Å². The van der Waals surface area contributed by atoms with Crippen LogP contribution in [0.3, 0.4) is 0 Å². The van der Waals surface area contributed by atoms with Gasteiger partial charge >= 0.3 is 0 Å². The third-order valence-corrected chi connectivity index (χ3v) is 5.27. The van der Waals surface area contributed by atoms with Gasteiger partial charge in [-0.15, -0.1) is 0 Å². The van der Waals surface area contributed by atoms with Crippen molar-refractivity contribution in [2.24, 2.45) is 0 Å². The largest absolute Gasteiger partial charge is 0.376 e. The maximum absolute atomic E-state index is 13.1. The molecule has 2 aromatic carbocycles. The van der Waals surface area contributed by atoms with Gasteiger partial charge in [0.15, 0.2) is 0 Å². The SMILES string of the molecule is C[C@@H]1CN(C(=O)CNc2ccc(Cl)cc2)[C@@H](C)CN1Cc1ccc(F)cc1. The summed E-state index contributed by atoms with van der Waals surface area (Å²) < 4.78 is 13.1. The maximum atomic E-state index is 13.1. The van der Waals surface area contributed by atoms with Gasteiger partial charge in [-0.05, 0) is 55.8 Å². The topological polar surface area (TPSA) is 35.6 Å². The molecule has 3 rings (SSSR count). The van der Waals surface area contributed by atoms with E-state index in [1.54, 1.807) is 12.1 Å². The Hall–Kier alpha value is -2.11. The second-order valence-corrected chi connectivity index (χ2v) is 7.60. The fraction of sp³-hybridized carbons (Fsp3) is 0.381. The zero-order valence-electron chi connectivity index (χ0n) is 15.7. The Balaban J connectivity index is 1.54. The highest BCUT2D eigenvalue weighted by molar-refractivity contribution is 6.30. The number of carbonyl (C=O) groups excluding carboxylic acids is 1. The normalized spacial score (nSPS) is 20.5. The lowest BCUT2D eigenvalue weighted by atomic mass is 10.1. The third kappa shape index (κ3) is 5.21. The van der Waals surface area contributed by atoms with E-state index >= 15 is 0 Å². The molecule has 27 heavy (non-hydrogen) atoms. The molecule has 6 heteroatoms. The average molecular weight is 390 g/mol. The third-order valence-electron chi connectivity index (χ3n) is 5.02. The molecule has 0 spiro atoms. The quantitative estimate of drug-likeness (QED) is 0.839. The van der Waals surface area contributed by atoms with E-state index in [1.165, 1.54) is 12.1 Å². The number of halogens is 2. The van der Waals surface area contributed by atoms with E-state index in [9.17, 15) is 9.18 Å². The van der Waals surface area contributed by atoms with Crippen molar-refractivity contribution in [3.8, 4) is 0 Å². The van der Waals surface area contributed by atoms with E-state index in [0.29, 0.717) is 11.6 Å². The Labute approximate surface area is 164 Å². The monoisotopic (exact) mass is 389 g/mol. The lowest BCUT2D eigenvalue weighted by Crippen LogP contribution is -2.58. The Bertz CT molecular complexity index is 766. The minimum absolute atomic E-state index is 0.0886. The van der Waals surface area contributed by atoms with Crippen LogP contribution in [0.2, 0.25) is 5.02 Å². The first-order valence-electron chi connectivity index (χ1n) is 9.20. The van der Waals surface area contributed by atoms with Gasteiger partial charge in [0.25, 0.3) is 0 Å². The number of hydrogen-bond acceptors (Lipinski definition) is 3. The van der Waals surface area contributed by atoms with E-state index in [-0.39, 0.29) is 30.4 Å². The van der Waals surface area contributed by atoms with Gasteiger partial charge in [0, 0.05) is 42.4 Å². The first kappa shape index (κ1) is 19.6. The zero-order chi connectivity index (χ0) is 19.4. The van der Waals surface area contributed by atoms with Crippen molar-refractivity contribution in [1.29, 1.82) is 0 Å². The number of nitrogens with zero attached hydrogens (tertiary/aromatic N) is 2. The number of rotatable bonds is 5. The molecule has 1 saturated heterocycles. The minimum Gasteiger partial charge on any atom is -0.376 e. The number of carbonyl (C=O) groups is 1. The molecule has 0 unspecified atom stereocenters. The Morgan fingerprint density at radius 1 is 1.07 bits per heavy atom. The van der Waals surface area contributed by atoms with Crippen molar-refractivity contribution in [2.45, 2.75) is 32.5 Å². The van der Waals surface area contributed by atoms with Gasteiger partial charge in [-0.1, -0.05) is 23.7 Å². The number of piperazine rings is 1. The Morgan fingerprint density at radius 3 is 2.41 bits per heavy atom. The molecule has 1 aliphatic heterocycles. The average Bonchev–Trinajstić information content (AvgIpc) is 2.65. The number of nitrogens with one attached hydrogen (secondary N) is 1. The molecule has 0 radical (unpaired) electrons. The minimum atomic E-state index is -0.219. The molecule has 2 aromatic rings. The predicted octanol–water partition coefficient (Wildman–Crippen LogP) is 4.01. The van der Waals surface area contributed by atoms with E-state index in [2.05, 4.69) is 24.1 Å². The van der Waals surface area contributed by atoms with Crippen molar-refractivity contribution in [3.63, 3.8) is 0 Å². The summed E-state index contributed by atoms with van der Waals surface area (Å²) in [5.41, 5.74) is 1.96. The first-order chi connectivity index (χ1) is 12.9. The summed E-state index contributed by atoms with van der Waals surface area (Å²) in [5.74, 6) is -0.130. The van der Waals surface area contributed by atoms with Crippen molar-refractivity contribution >= 4 is 23.2 Å². The van der Waals surface area contributed by atoms with Gasteiger partial charge in [-0.2, -0.15) is 0 Å². The summed E-state index contributed by atoms with van der Waals surface area (Å²) in [6.45, 7) is 6.70. The molecule has 2 atom stereocenters. The molecule has 1 heterocycles. The predicted molar refractivity (Wildman–Crippen MR) is 107 cm³/mol. The summed E-state index contributed by atoms with van der Waals surface area (Å²) in [6, 6.07) is 14.3. The van der Waals surface area contributed by atoms with E-state index < -0.39 is 0 Å². The number of benzene rings is 2. The van der Waals surface area contributed by atoms with Gasteiger partial charge < -0.3 is 10.2 Å². The maximum Gasteiger partial charge on any atom is 0.242 e. The smallest absolute Gasteiger partial charge is 0.242 e. The van der Waals surface area contributed by atoms with E-state index in [0.717, 1.165) is 24.3 Å². The van der Waals surface area contributed by atoms with Crippen LogP contribution >= 0.6 is 11.6 Å². The summed E-state index contributed by atoms with van der Waals surface area (Å²) in [7, 11) is 0. The molecule has 1 aliphatic rings. The van der Waals surface area contributed by atoms with Crippen molar-refractivity contribution < 1.29 is 9.18 Å². The fourth-order valence-electron chi connectivity index (χ4n) is 3.44. The van der Waals surface area contributed by atoms with Gasteiger partial charge in [0.2, 0.25) is 5.91 Å². The van der Waals surface area contributed by atoms with Crippen molar-refractivity contribution in [2.75, 3.05) is 25.0 Å². The van der Waals surface area contributed by atoms with E-state index in [1.807, 2.05) is 29.2 Å². The van der Waals surface area contributed by atoms with Gasteiger partial charge in [-0.25, -0.2) is 4.39 Å². The Morgan fingerprint density at radius 2 is 1.74 bits per heavy atom. The molecule has 144 valence electrons. The first-order valence-corrected chi connectivity index (χ1v) is 9.57. The standard InChI is InChI=1S/C21H25ClFN3O/c1-15-13-26(21(27)11-24-20-9-5-18(22)6-10-20)16(2)12-25(15)14-17-3-7-19(23)8-4-17/h3-10,15-16,24H,11-14H2,1-2H3/t15-,16+/m1/s1. The lowest BCUT2D eigenvalue weighted by molar-refractivity contribution is -0.135. The molecule has 1 N–H and O–H groups in total. The van der Waals surface area contributed by atoms with Crippen LogP contribution in [-0.2, 0) is 11.3 Å². The van der Waals surface area contributed by atoms with Crippen LogP contribution in [0.1, 0.15) is 19.4 Å². The molecule has 1 amide bonds. The molecule has 1 fully saturated rings. The second kappa shape index (κ2) is 8.72. The number of anilines is 1. The van der Waals surface area contributed by atoms with Crippen LogP contribution in [0, 0.1) is 5.82 Å². The second-order valence-electron chi connectivity index (χ2n) is 7.16. The van der Waals surface area contributed by atoms with Crippen LogP contribution in [0.15, 0.2) is 48.5 Å². The molecule has 0 aliphatic carbocycles. The highest BCUT2D eigenvalue weighted by Crippen LogP contribution is 2.19. The van der Waals surface area contributed by atoms with Crippen LogP contribution in [0.4, 0.5) is 10.1 Å². The summed E-state index contributed by atoms with van der Waals surface area (Å²) in [6.07, 6.45) is 0. The molecule has 4 nitrogen and oxygen atoms in total. The molecule has 0 saturated carbocycles.